The number of nitrogens with zero attached hydrogens (tertiary/aromatic N) is 2. The van der Waals surface area contributed by atoms with E-state index in [1.807, 2.05) is 18.2 Å². The average molecular weight is 442 g/mol. The number of ether oxygens (including phenoxy) is 1. The number of nitrogens with two attached hydrogens (primary N) is 1. The van der Waals surface area contributed by atoms with E-state index in [4.69, 9.17) is 15.5 Å². The highest BCUT2D eigenvalue weighted by molar-refractivity contribution is 5.78. The van der Waals surface area contributed by atoms with Crippen molar-refractivity contribution in [2.24, 2.45) is 10.7 Å². The minimum Gasteiger partial charge on any atom is -0.463 e. The van der Waals surface area contributed by atoms with Crippen LogP contribution in [0.15, 0.2) is 77.8 Å². The third-order valence-corrected chi connectivity index (χ3v) is 7.34. The second-order valence-electron chi connectivity index (χ2n) is 9.59. The normalized spacial score (nSPS) is 26.2. The van der Waals surface area contributed by atoms with Crippen LogP contribution in [-0.4, -0.2) is 35.7 Å². The summed E-state index contributed by atoms with van der Waals surface area (Å²) in [6.07, 6.45) is 3.75. The minimum atomic E-state index is -0.228. The van der Waals surface area contributed by atoms with Gasteiger partial charge >= 0.3 is 0 Å². The summed E-state index contributed by atoms with van der Waals surface area (Å²) in [6, 6.07) is 24.8. The number of rotatable bonds is 2. The lowest BCUT2D eigenvalue weighted by Gasteiger charge is -2.38. The van der Waals surface area contributed by atoms with Crippen LogP contribution in [0.1, 0.15) is 42.0 Å². The Kier molecular flexibility index (Phi) is 4.95. The smallest absolute Gasteiger partial charge is 0.288 e. The Labute approximate surface area is 193 Å². The molecule has 1 spiro atoms. The monoisotopic (exact) mass is 441 g/mol. The lowest BCUT2D eigenvalue weighted by Crippen LogP contribution is -2.40. The molecule has 0 aromatic heterocycles. The quantitative estimate of drug-likeness (QED) is 0.604. The van der Waals surface area contributed by atoms with E-state index in [-0.39, 0.29) is 23.4 Å². The molecule has 5 heteroatoms. The van der Waals surface area contributed by atoms with E-state index < -0.39 is 0 Å². The summed E-state index contributed by atoms with van der Waals surface area (Å²) in [7, 11) is 0. The van der Waals surface area contributed by atoms with E-state index in [0.717, 1.165) is 37.8 Å². The zero-order valence-electron chi connectivity index (χ0n) is 18.6. The number of halogens is 1. The molecule has 0 radical (unpaired) electrons. The highest BCUT2D eigenvalue weighted by Gasteiger charge is 2.45. The van der Waals surface area contributed by atoms with Gasteiger partial charge in [0.05, 0.1) is 6.04 Å². The van der Waals surface area contributed by atoms with Gasteiger partial charge in [0.1, 0.15) is 18.0 Å². The molecule has 0 unspecified atom stereocenters. The molecule has 1 saturated carbocycles. The number of amidine groups is 1. The molecular formula is C28H28FN3O. The van der Waals surface area contributed by atoms with Crippen molar-refractivity contribution in [3.05, 3.63) is 95.3 Å². The fraction of sp³-hybridized carbons (Fsp3) is 0.321. The molecule has 2 heterocycles. The van der Waals surface area contributed by atoms with Crippen LogP contribution in [-0.2, 0) is 11.2 Å². The van der Waals surface area contributed by atoms with E-state index >= 15 is 0 Å². The lowest BCUT2D eigenvalue weighted by atomic mass is 9.86. The van der Waals surface area contributed by atoms with Gasteiger partial charge in [-0.1, -0.05) is 60.7 Å². The van der Waals surface area contributed by atoms with Crippen LogP contribution >= 0.6 is 0 Å². The molecule has 0 amide bonds. The van der Waals surface area contributed by atoms with Crippen LogP contribution in [0.2, 0.25) is 0 Å². The SMILES string of the molecule is N[C@H]1CC[C@]2(COC(N3CCc4cc(-c5ccccc5)ccc4[C@@H]3c3ccc(F)cc3)=N2)C1. The van der Waals surface area contributed by atoms with Gasteiger partial charge in [0, 0.05) is 12.6 Å². The Bertz CT molecular complexity index is 1190. The maximum absolute atomic E-state index is 13.8. The fourth-order valence-corrected chi connectivity index (χ4v) is 5.64. The fourth-order valence-electron chi connectivity index (χ4n) is 5.64. The van der Waals surface area contributed by atoms with Gasteiger partial charge in [-0.3, -0.25) is 0 Å². The first-order valence-electron chi connectivity index (χ1n) is 11.8. The minimum absolute atomic E-state index is 0.0665. The van der Waals surface area contributed by atoms with Crippen molar-refractivity contribution in [2.45, 2.75) is 43.3 Å². The molecule has 2 N–H and O–H groups in total. The van der Waals surface area contributed by atoms with Gasteiger partial charge in [-0.15, -0.1) is 0 Å². The van der Waals surface area contributed by atoms with Gasteiger partial charge in [0.2, 0.25) is 0 Å². The molecule has 0 bridgehead atoms. The first kappa shape index (κ1) is 20.4. The summed E-state index contributed by atoms with van der Waals surface area (Å²) in [5.74, 6) is -0.228. The maximum Gasteiger partial charge on any atom is 0.288 e. The van der Waals surface area contributed by atoms with Crippen molar-refractivity contribution in [3.63, 3.8) is 0 Å². The van der Waals surface area contributed by atoms with Crippen LogP contribution < -0.4 is 5.73 Å². The van der Waals surface area contributed by atoms with Crippen molar-refractivity contribution >= 4 is 6.02 Å². The van der Waals surface area contributed by atoms with E-state index in [2.05, 4.69) is 47.4 Å². The molecule has 4 nitrogen and oxygen atoms in total. The Hall–Kier alpha value is -3.18. The first-order chi connectivity index (χ1) is 16.1. The molecule has 0 saturated heterocycles. The van der Waals surface area contributed by atoms with E-state index in [1.54, 1.807) is 0 Å². The molecule has 3 aliphatic rings. The van der Waals surface area contributed by atoms with Crippen molar-refractivity contribution in [3.8, 4) is 11.1 Å². The van der Waals surface area contributed by atoms with Crippen LogP contribution in [0, 0.1) is 5.82 Å². The Morgan fingerprint density at radius 1 is 1.00 bits per heavy atom. The largest absolute Gasteiger partial charge is 0.463 e. The van der Waals surface area contributed by atoms with Crippen LogP contribution in [0.3, 0.4) is 0 Å². The Morgan fingerprint density at radius 3 is 2.58 bits per heavy atom. The van der Waals surface area contributed by atoms with E-state index in [1.165, 1.54) is 34.4 Å². The Morgan fingerprint density at radius 2 is 1.82 bits per heavy atom. The summed E-state index contributed by atoms with van der Waals surface area (Å²) < 4.78 is 20.0. The van der Waals surface area contributed by atoms with Crippen LogP contribution in [0.4, 0.5) is 4.39 Å². The summed E-state index contributed by atoms with van der Waals surface area (Å²) in [5, 5.41) is 0. The van der Waals surface area contributed by atoms with Crippen LogP contribution in [0.5, 0.6) is 0 Å². The van der Waals surface area contributed by atoms with Gasteiger partial charge in [0.15, 0.2) is 0 Å². The lowest BCUT2D eigenvalue weighted by molar-refractivity contribution is 0.202. The second-order valence-corrected chi connectivity index (χ2v) is 9.59. The number of benzene rings is 3. The molecule has 3 aromatic carbocycles. The third kappa shape index (κ3) is 3.70. The number of hydrogen-bond acceptors (Lipinski definition) is 4. The molecular weight excluding hydrogens is 413 g/mol. The topological polar surface area (TPSA) is 50.9 Å². The molecule has 2 aliphatic heterocycles. The summed E-state index contributed by atoms with van der Waals surface area (Å²) in [6.45, 7) is 1.40. The van der Waals surface area contributed by atoms with Crippen molar-refractivity contribution in [2.75, 3.05) is 13.2 Å². The first-order valence-corrected chi connectivity index (χ1v) is 11.8. The molecule has 168 valence electrons. The summed E-state index contributed by atoms with van der Waals surface area (Å²) in [5.41, 5.74) is 12.0. The molecule has 3 aromatic rings. The zero-order chi connectivity index (χ0) is 22.4. The number of hydrogen-bond donors (Lipinski definition) is 1. The van der Waals surface area contributed by atoms with E-state index in [9.17, 15) is 4.39 Å². The highest BCUT2D eigenvalue weighted by Crippen LogP contribution is 2.41. The van der Waals surface area contributed by atoms with Gasteiger partial charge in [-0.25, -0.2) is 9.38 Å². The zero-order valence-corrected chi connectivity index (χ0v) is 18.6. The second kappa shape index (κ2) is 7.99. The number of fused-ring (bicyclic) bond motifs is 1. The van der Waals surface area contributed by atoms with Crippen molar-refractivity contribution in [1.29, 1.82) is 0 Å². The molecule has 33 heavy (non-hydrogen) atoms. The maximum atomic E-state index is 13.8. The van der Waals surface area contributed by atoms with E-state index in [0.29, 0.717) is 12.6 Å². The summed E-state index contributed by atoms with van der Waals surface area (Å²) >= 11 is 0. The van der Waals surface area contributed by atoms with Gasteiger partial charge in [-0.05, 0) is 65.6 Å². The standard InChI is InChI=1S/C28H28FN3O/c29-23-9-6-20(7-10-23)26-25-11-8-21(19-4-2-1-3-5-19)16-22(25)13-15-32(26)27-31-28(18-33-27)14-12-24(30)17-28/h1-11,16,24,26H,12-15,17-18,30H2/t24-,26-,28+/m0/s1. The van der Waals surface area contributed by atoms with Crippen LogP contribution in [0.25, 0.3) is 11.1 Å². The third-order valence-electron chi connectivity index (χ3n) is 7.34. The molecule has 1 fully saturated rings. The van der Waals surface area contributed by atoms with Crippen molar-refractivity contribution in [1.82, 2.24) is 4.90 Å². The Balaban J connectivity index is 1.41. The van der Waals surface area contributed by atoms with Gasteiger partial charge in [0.25, 0.3) is 6.02 Å². The summed E-state index contributed by atoms with van der Waals surface area (Å²) in [4.78, 5) is 7.35. The molecule has 6 rings (SSSR count). The highest BCUT2D eigenvalue weighted by atomic mass is 19.1. The number of aliphatic imine (C=N–C) groups is 1. The van der Waals surface area contributed by atoms with Gasteiger partial charge < -0.3 is 15.4 Å². The van der Waals surface area contributed by atoms with Gasteiger partial charge in [-0.2, -0.15) is 0 Å². The molecule has 1 aliphatic carbocycles. The average Bonchev–Trinajstić information content (AvgIpc) is 3.44. The molecule has 3 atom stereocenters. The predicted octanol–water partition coefficient (Wildman–Crippen LogP) is 5.08. The van der Waals surface area contributed by atoms with Crippen molar-refractivity contribution < 1.29 is 9.13 Å². The predicted molar refractivity (Wildman–Crippen MR) is 128 cm³/mol.